The summed E-state index contributed by atoms with van der Waals surface area (Å²) in [4.78, 5) is 12.1. The Morgan fingerprint density at radius 2 is 2.39 bits per heavy atom. The molecule has 1 unspecified atom stereocenters. The molecular formula is C13H20N4O. The van der Waals surface area contributed by atoms with Crippen molar-refractivity contribution >= 4 is 5.91 Å². The highest BCUT2D eigenvalue weighted by molar-refractivity contribution is 5.82. The lowest BCUT2D eigenvalue weighted by atomic mass is 9.92. The van der Waals surface area contributed by atoms with Crippen molar-refractivity contribution in [3.8, 4) is 0 Å². The van der Waals surface area contributed by atoms with Crippen LogP contribution >= 0.6 is 0 Å². The number of amides is 1. The normalized spacial score (nSPS) is 25.1. The van der Waals surface area contributed by atoms with Crippen LogP contribution in [0.2, 0.25) is 0 Å². The zero-order chi connectivity index (χ0) is 12.6. The lowest BCUT2D eigenvalue weighted by Gasteiger charge is -2.23. The molecule has 1 atom stereocenters. The van der Waals surface area contributed by atoms with Gasteiger partial charge in [-0.3, -0.25) is 9.48 Å². The summed E-state index contributed by atoms with van der Waals surface area (Å²) in [5.41, 5.74) is 1.24. The van der Waals surface area contributed by atoms with Crippen LogP contribution in [0.4, 0.5) is 0 Å². The van der Waals surface area contributed by atoms with Crippen LogP contribution < -0.4 is 10.6 Å². The van der Waals surface area contributed by atoms with Gasteiger partial charge < -0.3 is 10.6 Å². The fourth-order valence-corrected chi connectivity index (χ4v) is 3.05. The molecule has 5 nitrogen and oxygen atoms in total. The molecule has 1 amide bonds. The third kappa shape index (κ3) is 2.14. The van der Waals surface area contributed by atoms with Gasteiger partial charge in [0.05, 0.1) is 12.2 Å². The third-order valence-electron chi connectivity index (χ3n) is 4.32. The lowest BCUT2D eigenvalue weighted by molar-refractivity contribution is -0.123. The van der Waals surface area contributed by atoms with E-state index in [2.05, 4.69) is 15.7 Å². The van der Waals surface area contributed by atoms with E-state index >= 15 is 0 Å². The number of piperidine rings is 1. The van der Waals surface area contributed by atoms with Crippen LogP contribution in [0.15, 0.2) is 12.3 Å². The first-order valence-corrected chi connectivity index (χ1v) is 6.67. The summed E-state index contributed by atoms with van der Waals surface area (Å²) in [6.07, 6.45) is 5.26. The number of nitrogens with zero attached hydrogens (tertiary/aromatic N) is 2. The molecule has 1 aliphatic carbocycles. The second-order valence-corrected chi connectivity index (χ2v) is 5.57. The van der Waals surface area contributed by atoms with Crippen LogP contribution in [0.1, 0.15) is 25.0 Å². The maximum absolute atomic E-state index is 12.1. The molecule has 2 heterocycles. The Kier molecular flexibility index (Phi) is 2.86. The van der Waals surface area contributed by atoms with Crippen LogP contribution in [0.3, 0.4) is 0 Å². The molecule has 1 aliphatic heterocycles. The number of aromatic nitrogens is 2. The molecule has 2 fully saturated rings. The fraction of sp³-hybridized carbons (Fsp3) is 0.692. The van der Waals surface area contributed by atoms with Gasteiger partial charge in [0.25, 0.3) is 0 Å². The summed E-state index contributed by atoms with van der Waals surface area (Å²) in [5.74, 6) is 0.450. The van der Waals surface area contributed by atoms with Crippen molar-refractivity contribution in [3.05, 3.63) is 18.0 Å². The first-order chi connectivity index (χ1) is 8.70. The molecule has 1 saturated carbocycles. The molecule has 5 heteroatoms. The smallest absolute Gasteiger partial charge is 0.224 e. The monoisotopic (exact) mass is 248 g/mol. The average Bonchev–Trinajstić information content (AvgIpc) is 2.89. The number of carbonyl (C=O) groups excluding carboxylic acids is 1. The topological polar surface area (TPSA) is 59.0 Å². The summed E-state index contributed by atoms with van der Waals surface area (Å²) in [6.45, 7) is 2.67. The SMILES string of the molecule is Cn1ccc(CNC(=O)C2CC23CCNCC3)n1. The summed E-state index contributed by atoms with van der Waals surface area (Å²) in [6, 6.07) is 1.94. The molecule has 3 rings (SSSR count). The summed E-state index contributed by atoms with van der Waals surface area (Å²) in [7, 11) is 1.89. The minimum absolute atomic E-state index is 0.211. The molecule has 98 valence electrons. The fourth-order valence-electron chi connectivity index (χ4n) is 3.05. The number of hydrogen-bond donors (Lipinski definition) is 2. The van der Waals surface area contributed by atoms with Gasteiger partial charge in [0.2, 0.25) is 5.91 Å². The second-order valence-electron chi connectivity index (χ2n) is 5.57. The van der Waals surface area contributed by atoms with Gasteiger partial charge in [-0.05, 0) is 43.8 Å². The van der Waals surface area contributed by atoms with Crippen LogP contribution in [0.25, 0.3) is 0 Å². The highest BCUT2D eigenvalue weighted by Crippen LogP contribution is 2.58. The molecule has 2 aliphatic rings. The zero-order valence-corrected chi connectivity index (χ0v) is 10.8. The van der Waals surface area contributed by atoms with Crippen molar-refractivity contribution in [1.29, 1.82) is 0 Å². The Balaban J connectivity index is 1.51. The molecule has 1 aromatic heterocycles. The van der Waals surface area contributed by atoms with E-state index in [9.17, 15) is 4.79 Å². The molecular weight excluding hydrogens is 228 g/mol. The summed E-state index contributed by atoms with van der Waals surface area (Å²) in [5, 5.41) is 10.6. The number of rotatable bonds is 3. The van der Waals surface area contributed by atoms with E-state index in [1.807, 2.05) is 19.3 Å². The van der Waals surface area contributed by atoms with Gasteiger partial charge >= 0.3 is 0 Å². The highest BCUT2D eigenvalue weighted by atomic mass is 16.2. The van der Waals surface area contributed by atoms with E-state index in [-0.39, 0.29) is 11.8 Å². The molecule has 0 bridgehead atoms. The Morgan fingerprint density at radius 1 is 1.61 bits per heavy atom. The van der Waals surface area contributed by atoms with Gasteiger partial charge in [-0.2, -0.15) is 5.10 Å². The van der Waals surface area contributed by atoms with Crippen molar-refractivity contribution in [2.75, 3.05) is 13.1 Å². The van der Waals surface area contributed by atoms with E-state index < -0.39 is 0 Å². The van der Waals surface area contributed by atoms with Crippen molar-refractivity contribution in [2.45, 2.75) is 25.8 Å². The number of aryl methyl sites for hydroxylation is 1. The molecule has 1 spiro atoms. The Bertz CT molecular complexity index is 448. The van der Waals surface area contributed by atoms with Crippen molar-refractivity contribution in [3.63, 3.8) is 0 Å². The third-order valence-corrected chi connectivity index (χ3v) is 4.32. The van der Waals surface area contributed by atoms with Crippen LogP contribution in [0, 0.1) is 11.3 Å². The first kappa shape index (κ1) is 11.7. The van der Waals surface area contributed by atoms with Gasteiger partial charge in [0.15, 0.2) is 0 Å². The molecule has 1 saturated heterocycles. The molecule has 18 heavy (non-hydrogen) atoms. The number of hydrogen-bond acceptors (Lipinski definition) is 3. The molecule has 2 N–H and O–H groups in total. The quantitative estimate of drug-likeness (QED) is 0.815. The predicted molar refractivity (Wildman–Crippen MR) is 67.7 cm³/mol. The van der Waals surface area contributed by atoms with E-state index in [0.717, 1.165) is 38.0 Å². The number of carbonyl (C=O) groups is 1. The number of nitrogens with one attached hydrogen (secondary N) is 2. The van der Waals surface area contributed by atoms with Crippen LogP contribution in [-0.4, -0.2) is 28.8 Å². The van der Waals surface area contributed by atoms with Gasteiger partial charge in [-0.1, -0.05) is 0 Å². The maximum atomic E-state index is 12.1. The van der Waals surface area contributed by atoms with Crippen LogP contribution in [-0.2, 0) is 18.4 Å². The molecule has 1 aromatic rings. The van der Waals surface area contributed by atoms with Gasteiger partial charge in [-0.15, -0.1) is 0 Å². The zero-order valence-electron chi connectivity index (χ0n) is 10.8. The second kappa shape index (κ2) is 4.39. The van der Waals surface area contributed by atoms with E-state index in [1.54, 1.807) is 4.68 Å². The van der Waals surface area contributed by atoms with Crippen molar-refractivity contribution in [1.82, 2.24) is 20.4 Å². The molecule has 0 aromatic carbocycles. The standard InChI is InChI=1S/C13H20N4O/c1-17-7-2-10(16-17)9-15-12(18)11-8-13(11)3-5-14-6-4-13/h2,7,11,14H,3-6,8-9H2,1H3,(H,15,18). The Hall–Kier alpha value is -1.36. The largest absolute Gasteiger partial charge is 0.350 e. The predicted octanol–water partition coefficient (Wildman–Crippen LogP) is 0.426. The van der Waals surface area contributed by atoms with Gasteiger partial charge in [-0.25, -0.2) is 0 Å². The highest BCUT2D eigenvalue weighted by Gasteiger charge is 2.57. The minimum Gasteiger partial charge on any atom is -0.350 e. The molecule has 0 radical (unpaired) electrons. The first-order valence-electron chi connectivity index (χ1n) is 6.67. The van der Waals surface area contributed by atoms with Crippen molar-refractivity contribution in [2.24, 2.45) is 18.4 Å². The Labute approximate surface area is 107 Å². The Morgan fingerprint density at radius 3 is 3.06 bits per heavy atom. The van der Waals surface area contributed by atoms with Crippen LogP contribution in [0.5, 0.6) is 0 Å². The maximum Gasteiger partial charge on any atom is 0.224 e. The van der Waals surface area contributed by atoms with E-state index in [0.29, 0.717) is 12.0 Å². The van der Waals surface area contributed by atoms with E-state index in [4.69, 9.17) is 0 Å². The summed E-state index contributed by atoms with van der Waals surface area (Å²) >= 11 is 0. The van der Waals surface area contributed by atoms with Gasteiger partial charge in [0, 0.05) is 19.2 Å². The average molecular weight is 248 g/mol. The summed E-state index contributed by atoms with van der Waals surface area (Å²) < 4.78 is 1.76. The van der Waals surface area contributed by atoms with E-state index in [1.165, 1.54) is 0 Å². The minimum atomic E-state index is 0.211. The van der Waals surface area contributed by atoms with Gasteiger partial charge in [0.1, 0.15) is 0 Å². The lowest BCUT2D eigenvalue weighted by Crippen LogP contribution is -2.33. The van der Waals surface area contributed by atoms with Crippen molar-refractivity contribution < 1.29 is 4.79 Å².